The van der Waals surface area contributed by atoms with Gasteiger partial charge in [0.25, 0.3) is 0 Å². The Morgan fingerprint density at radius 3 is 2.65 bits per heavy atom. The van der Waals surface area contributed by atoms with Crippen LogP contribution >= 0.6 is 0 Å². The molecule has 4 heteroatoms. The Morgan fingerprint density at radius 1 is 1.40 bits per heavy atom. The van der Waals surface area contributed by atoms with Crippen molar-refractivity contribution in [2.24, 2.45) is 5.41 Å². The van der Waals surface area contributed by atoms with E-state index in [1.165, 1.54) is 12.1 Å². The van der Waals surface area contributed by atoms with Crippen molar-refractivity contribution in [2.45, 2.75) is 33.6 Å². The minimum atomic E-state index is -0.511. The second kappa shape index (κ2) is 7.06. The van der Waals surface area contributed by atoms with Gasteiger partial charge in [0.05, 0.1) is 12.3 Å². The number of halogens is 1. The lowest BCUT2D eigenvalue weighted by Crippen LogP contribution is -2.20. The molecule has 1 amide bonds. The number of aliphatic hydroxyl groups is 1. The second-order valence-corrected chi connectivity index (χ2v) is 5.76. The molecule has 0 spiro atoms. The SMILES string of the molecule is CC(C)(C)CC(=O)Nc1ccc(C#CCCO)cc1F. The minimum absolute atomic E-state index is 0.0174. The Hall–Kier alpha value is -1.86. The maximum Gasteiger partial charge on any atom is 0.224 e. The molecule has 1 aromatic rings. The maximum atomic E-state index is 13.8. The normalized spacial score (nSPS) is 10.7. The molecule has 1 rings (SSSR count). The van der Waals surface area contributed by atoms with Gasteiger partial charge in [0, 0.05) is 18.4 Å². The van der Waals surface area contributed by atoms with Crippen LogP contribution in [0.25, 0.3) is 0 Å². The zero-order valence-corrected chi connectivity index (χ0v) is 12.1. The van der Waals surface area contributed by atoms with Crippen LogP contribution in [0, 0.1) is 23.1 Å². The van der Waals surface area contributed by atoms with E-state index < -0.39 is 5.82 Å². The molecule has 0 aliphatic carbocycles. The van der Waals surface area contributed by atoms with Gasteiger partial charge in [-0.2, -0.15) is 0 Å². The fourth-order valence-electron chi connectivity index (χ4n) is 1.59. The van der Waals surface area contributed by atoms with Crippen molar-refractivity contribution in [3.8, 4) is 11.8 Å². The van der Waals surface area contributed by atoms with Crippen molar-refractivity contribution in [2.75, 3.05) is 11.9 Å². The van der Waals surface area contributed by atoms with Crippen molar-refractivity contribution in [1.82, 2.24) is 0 Å². The number of hydrogen-bond donors (Lipinski definition) is 2. The van der Waals surface area contributed by atoms with Crippen LogP contribution in [-0.2, 0) is 4.79 Å². The fraction of sp³-hybridized carbons (Fsp3) is 0.438. The molecule has 2 N–H and O–H groups in total. The third-order valence-corrected chi connectivity index (χ3v) is 2.40. The summed E-state index contributed by atoms with van der Waals surface area (Å²) in [7, 11) is 0. The van der Waals surface area contributed by atoms with Crippen LogP contribution in [-0.4, -0.2) is 17.6 Å². The number of amides is 1. The van der Waals surface area contributed by atoms with Crippen LogP contribution in [0.5, 0.6) is 0 Å². The number of nitrogens with one attached hydrogen (secondary N) is 1. The van der Waals surface area contributed by atoms with Crippen molar-refractivity contribution in [1.29, 1.82) is 0 Å². The van der Waals surface area contributed by atoms with E-state index in [0.29, 0.717) is 18.4 Å². The lowest BCUT2D eigenvalue weighted by Gasteiger charge is -2.17. The molecule has 3 nitrogen and oxygen atoms in total. The number of benzene rings is 1. The molecule has 20 heavy (non-hydrogen) atoms. The summed E-state index contributed by atoms with van der Waals surface area (Å²) in [4.78, 5) is 11.7. The lowest BCUT2D eigenvalue weighted by atomic mass is 9.92. The van der Waals surface area contributed by atoms with Gasteiger partial charge in [-0.25, -0.2) is 4.39 Å². The molecular formula is C16H20FNO2. The first-order valence-corrected chi connectivity index (χ1v) is 6.51. The number of anilines is 1. The van der Waals surface area contributed by atoms with Gasteiger partial charge in [0.1, 0.15) is 5.82 Å². The van der Waals surface area contributed by atoms with Crippen molar-refractivity contribution in [3.05, 3.63) is 29.6 Å². The van der Waals surface area contributed by atoms with E-state index in [1.807, 2.05) is 20.8 Å². The van der Waals surface area contributed by atoms with Crippen molar-refractivity contribution < 1.29 is 14.3 Å². The monoisotopic (exact) mass is 277 g/mol. The highest BCUT2D eigenvalue weighted by atomic mass is 19.1. The van der Waals surface area contributed by atoms with Crippen LogP contribution in [0.2, 0.25) is 0 Å². The molecule has 0 aliphatic heterocycles. The Morgan fingerprint density at radius 2 is 2.10 bits per heavy atom. The van der Waals surface area contributed by atoms with Crippen molar-refractivity contribution in [3.63, 3.8) is 0 Å². The smallest absolute Gasteiger partial charge is 0.224 e. The summed E-state index contributed by atoms with van der Waals surface area (Å²) in [5.41, 5.74) is 0.535. The van der Waals surface area contributed by atoms with Crippen LogP contribution < -0.4 is 5.32 Å². The number of carbonyl (C=O) groups is 1. The first-order valence-electron chi connectivity index (χ1n) is 6.51. The molecule has 0 atom stereocenters. The summed E-state index contributed by atoms with van der Waals surface area (Å²) in [6.07, 6.45) is 0.677. The summed E-state index contributed by atoms with van der Waals surface area (Å²) in [5, 5.41) is 11.2. The summed E-state index contributed by atoms with van der Waals surface area (Å²) in [6.45, 7) is 5.82. The van der Waals surface area contributed by atoms with Gasteiger partial charge < -0.3 is 10.4 Å². The minimum Gasteiger partial charge on any atom is -0.395 e. The highest BCUT2D eigenvalue weighted by Gasteiger charge is 2.16. The van der Waals surface area contributed by atoms with E-state index in [0.717, 1.165) is 0 Å². The summed E-state index contributed by atoms with van der Waals surface area (Å²) < 4.78 is 13.8. The predicted octanol–water partition coefficient (Wildman–Crippen LogP) is 2.93. The Labute approximate surface area is 119 Å². The Kier molecular flexibility index (Phi) is 5.72. The Balaban J connectivity index is 2.74. The molecule has 1 aromatic carbocycles. The first-order chi connectivity index (χ1) is 9.31. The summed E-state index contributed by atoms with van der Waals surface area (Å²) in [6, 6.07) is 4.41. The fourth-order valence-corrected chi connectivity index (χ4v) is 1.59. The van der Waals surface area contributed by atoms with Crippen LogP contribution in [0.15, 0.2) is 18.2 Å². The molecule has 0 heterocycles. The van der Waals surface area contributed by atoms with E-state index in [1.54, 1.807) is 6.07 Å². The number of rotatable bonds is 3. The average molecular weight is 277 g/mol. The van der Waals surface area contributed by atoms with Crippen molar-refractivity contribution >= 4 is 11.6 Å². The van der Waals surface area contributed by atoms with Crippen LogP contribution in [0.1, 0.15) is 39.2 Å². The topological polar surface area (TPSA) is 49.3 Å². The highest BCUT2D eigenvalue weighted by molar-refractivity contribution is 5.91. The highest BCUT2D eigenvalue weighted by Crippen LogP contribution is 2.21. The van der Waals surface area contributed by atoms with E-state index >= 15 is 0 Å². The number of carbonyl (C=O) groups excluding carboxylic acids is 1. The van der Waals surface area contributed by atoms with Gasteiger partial charge >= 0.3 is 0 Å². The molecule has 0 saturated heterocycles. The molecule has 0 bridgehead atoms. The van der Waals surface area contributed by atoms with Crippen LogP contribution in [0.3, 0.4) is 0 Å². The quantitative estimate of drug-likeness (QED) is 0.835. The Bertz CT molecular complexity index is 536. The van der Waals surface area contributed by atoms with Gasteiger partial charge in [-0.15, -0.1) is 0 Å². The van der Waals surface area contributed by atoms with Gasteiger partial charge in [0.2, 0.25) is 5.91 Å². The van der Waals surface area contributed by atoms with Gasteiger partial charge in [-0.1, -0.05) is 32.6 Å². The van der Waals surface area contributed by atoms with E-state index in [-0.39, 0.29) is 23.6 Å². The van der Waals surface area contributed by atoms with E-state index in [2.05, 4.69) is 17.2 Å². The molecule has 108 valence electrons. The molecule has 0 unspecified atom stereocenters. The lowest BCUT2D eigenvalue weighted by molar-refractivity contribution is -0.117. The second-order valence-electron chi connectivity index (χ2n) is 5.76. The molecular weight excluding hydrogens is 257 g/mol. The van der Waals surface area contributed by atoms with Gasteiger partial charge in [-0.05, 0) is 23.6 Å². The third kappa shape index (κ3) is 5.85. The predicted molar refractivity (Wildman–Crippen MR) is 77.7 cm³/mol. The molecule has 0 fully saturated rings. The molecule has 0 radical (unpaired) electrons. The zero-order valence-electron chi connectivity index (χ0n) is 12.1. The maximum absolute atomic E-state index is 13.8. The van der Waals surface area contributed by atoms with Crippen LogP contribution in [0.4, 0.5) is 10.1 Å². The standard InChI is InChI=1S/C16H20FNO2/c1-16(2,3)11-15(20)18-14-8-7-12(10-13(14)17)6-4-5-9-19/h7-8,10,19H,5,9,11H2,1-3H3,(H,18,20). The molecule has 0 aromatic heterocycles. The van der Waals surface area contributed by atoms with E-state index in [9.17, 15) is 9.18 Å². The number of hydrogen-bond acceptors (Lipinski definition) is 2. The van der Waals surface area contributed by atoms with E-state index in [4.69, 9.17) is 5.11 Å². The van der Waals surface area contributed by atoms with Gasteiger partial charge in [0.15, 0.2) is 0 Å². The largest absolute Gasteiger partial charge is 0.395 e. The summed E-state index contributed by atoms with van der Waals surface area (Å²) in [5.74, 6) is 4.73. The molecule has 0 aliphatic rings. The zero-order chi connectivity index (χ0) is 15.2. The first kappa shape index (κ1) is 16.2. The molecule has 0 saturated carbocycles. The summed E-state index contributed by atoms with van der Waals surface area (Å²) >= 11 is 0. The average Bonchev–Trinajstić information content (AvgIpc) is 2.30. The number of aliphatic hydroxyl groups excluding tert-OH is 1. The third-order valence-electron chi connectivity index (χ3n) is 2.40. The van der Waals surface area contributed by atoms with Gasteiger partial charge in [-0.3, -0.25) is 4.79 Å².